The summed E-state index contributed by atoms with van der Waals surface area (Å²) in [6.07, 6.45) is -4.41. The van der Waals surface area contributed by atoms with Crippen LogP contribution in [0.4, 0.5) is 13.2 Å². The van der Waals surface area contributed by atoms with Crippen LogP contribution >= 0.6 is 0 Å². The maximum absolute atomic E-state index is 12.6. The zero-order valence-corrected chi connectivity index (χ0v) is 8.70. The number of aliphatic imine (C=N–C) groups is 1. The van der Waals surface area contributed by atoms with Crippen molar-refractivity contribution < 1.29 is 13.2 Å². The fraction of sp³-hybridized carbons (Fsp3) is 0.300. The van der Waals surface area contributed by atoms with E-state index >= 15 is 0 Å². The first-order valence-electron chi connectivity index (χ1n) is 4.84. The Kier molecular flexibility index (Phi) is 2.93. The molecule has 1 aliphatic heterocycles. The van der Waals surface area contributed by atoms with Crippen LogP contribution < -0.4 is 5.73 Å². The van der Waals surface area contributed by atoms with Crippen LogP contribution in [0.1, 0.15) is 16.7 Å². The summed E-state index contributed by atoms with van der Waals surface area (Å²) in [4.78, 5) is 3.88. The highest BCUT2D eigenvalue weighted by atomic mass is 19.4. The van der Waals surface area contributed by atoms with Crippen molar-refractivity contribution in [2.24, 2.45) is 21.0 Å². The molecule has 1 aliphatic rings. The third-order valence-corrected chi connectivity index (χ3v) is 2.26. The highest BCUT2D eigenvalue weighted by Crippen LogP contribution is 2.31. The van der Waals surface area contributed by atoms with Crippen LogP contribution in [0.3, 0.4) is 0 Å². The minimum Gasteiger partial charge on any atom is -0.326 e. The van der Waals surface area contributed by atoms with E-state index in [1.165, 1.54) is 0 Å². The van der Waals surface area contributed by atoms with Crippen LogP contribution in [-0.2, 0) is 12.7 Å². The van der Waals surface area contributed by atoms with Crippen molar-refractivity contribution in [3.8, 4) is 0 Å². The third kappa shape index (κ3) is 2.50. The summed E-state index contributed by atoms with van der Waals surface area (Å²) in [5.74, 6) is 0.214. The van der Waals surface area contributed by atoms with E-state index in [9.17, 15) is 13.2 Å². The molecule has 0 aromatic heterocycles. The summed E-state index contributed by atoms with van der Waals surface area (Å²) in [5.41, 5.74) is 5.30. The smallest absolute Gasteiger partial charge is 0.326 e. The lowest BCUT2D eigenvalue weighted by molar-refractivity contribution is -0.137. The zero-order valence-electron chi connectivity index (χ0n) is 8.70. The Morgan fingerprint density at radius 3 is 2.53 bits per heavy atom. The Balaban J connectivity index is 2.49. The second-order valence-corrected chi connectivity index (χ2v) is 3.49. The molecule has 90 valence electrons. The Bertz CT molecular complexity index is 491. The zero-order chi connectivity index (χ0) is 12.5. The molecule has 1 aromatic rings. The quantitative estimate of drug-likeness (QED) is 0.849. The molecule has 0 saturated carbocycles. The number of nitrogens with two attached hydrogens (primary N) is 1. The van der Waals surface area contributed by atoms with Gasteiger partial charge in [-0.05, 0) is 23.8 Å². The molecule has 17 heavy (non-hydrogen) atoms. The second kappa shape index (κ2) is 4.25. The molecule has 1 aromatic carbocycles. The van der Waals surface area contributed by atoms with Crippen LogP contribution in [0.2, 0.25) is 0 Å². The van der Waals surface area contributed by atoms with E-state index in [0.717, 1.165) is 12.1 Å². The number of alkyl halides is 3. The van der Waals surface area contributed by atoms with E-state index < -0.39 is 11.7 Å². The molecule has 2 rings (SSSR count). The van der Waals surface area contributed by atoms with E-state index in [0.29, 0.717) is 11.1 Å². The average molecular weight is 242 g/mol. The summed E-state index contributed by atoms with van der Waals surface area (Å²) in [6, 6.07) is 3.57. The molecular formula is C10H9F3N4. The molecule has 0 amide bonds. The van der Waals surface area contributed by atoms with Gasteiger partial charge in [-0.15, -0.1) is 5.11 Å². The fourth-order valence-electron chi connectivity index (χ4n) is 1.48. The molecule has 0 unspecified atom stereocenters. The molecule has 2 N–H and O–H groups in total. The van der Waals surface area contributed by atoms with Gasteiger partial charge in [0.25, 0.3) is 0 Å². The van der Waals surface area contributed by atoms with Crippen LogP contribution in [0.15, 0.2) is 33.4 Å². The summed E-state index contributed by atoms with van der Waals surface area (Å²) < 4.78 is 37.9. The van der Waals surface area contributed by atoms with Crippen molar-refractivity contribution in [1.29, 1.82) is 0 Å². The summed E-state index contributed by atoms with van der Waals surface area (Å²) in [5, 5.41) is 7.27. The second-order valence-electron chi connectivity index (χ2n) is 3.49. The summed E-state index contributed by atoms with van der Waals surface area (Å²) in [7, 11) is 0. The highest BCUT2D eigenvalue weighted by Gasteiger charge is 2.31. The molecule has 0 aliphatic carbocycles. The largest absolute Gasteiger partial charge is 0.416 e. The summed E-state index contributed by atoms with van der Waals surface area (Å²) in [6.45, 7) is 0.185. The lowest BCUT2D eigenvalue weighted by Crippen LogP contribution is -2.09. The van der Waals surface area contributed by atoms with E-state index in [1.54, 1.807) is 6.07 Å². The van der Waals surface area contributed by atoms with Gasteiger partial charge in [0, 0.05) is 12.1 Å². The number of halogens is 3. The van der Waals surface area contributed by atoms with Gasteiger partial charge in [0.15, 0.2) is 12.5 Å². The topological polar surface area (TPSA) is 63.1 Å². The maximum Gasteiger partial charge on any atom is 0.416 e. The minimum atomic E-state index is -4.41. The van der Waals surface area contributed by atoms with Crippen molar-refractivity contribution >= 4 is 5.84 Å². The van der Waals surface area contributed by atoms with Gasteiger partial charge in [0.05, 0.1) is 5.56 Å². The van der Waals surface area contributed by atoms with Gasteiger partial charge in [0.2, 0.25) is 0 Å². The lowest BCUT2D eigenvalue weighted by Gasteiger charge is -2.10. The maximum atomic E-state index is 12.6. The first-order valence-corrected chi connectivity index (χ1v) is 4.84. The number of hydrogen-bond donors (Lipinski definition) is 1. The molecule has 0 bridgehead atoms. The van der Waals surface area contributed by atoms with Crippen molar-refractivity contribution in [1.82, 2.24) is 0 Å². The lowest BCUT2D eigenvalue weighted by atomic mass is 10.0. The van der Waals surface area contributed by atoms with Gasteiger partial charge >= 0.3 is 6.18 Å². The van der Waals surface area contributed by atoms with E-state index in [4.69, 9.17) is 5.73 Å². The molecular weight excluding hydrogens is 233 g/mol. The van der Waals surface area contributed by atoms with E-state index in [1.807, 2.05) is 0 Å². The summed E-state index contributed by atoms with van der Waals surface area (Å²) >= 11 is 0. The first-order chi connectivity index (χ1) is 8.00. The molecule has 0 spiro atoms. The van der Waals surface area contributed by atoms with Gasteiger partial charge in [-0.2, -0.15) is 18.3 Å². The Morgan fingerprint density at radius 1 is 1.24 bits per heavy atom. The molecule has 0 saturated heterocycles. The number of hydrogen-bond acceptors (Lipinski definition) is 4. The van der Waals surface area contributed by atoms with Crippen molar-refractivity contribution in [2.75, 3.05) is 6.67 Å². The first kappa shape index (κ1) is 11.7. The molecule has 1 heterocycles. The number of azo groups is 1. The monoisotopic (exact) mass is 242 g/mol. The van der Waals surface area contributed by atoms with Gasteiger partial charge in [-0.1, -0.05) is 0 Å². The van der Waals surface area contributed by atoms with Crippen LogP contribution in [0.5, 0.6) is 0 Å². The van der Waals surface area contributed by atoms with Gasteiger partial charge < -0.3 is 5.73 Å². The molecule has 0 radical (unpaired) electrons. The molecule has 4 nitrogen and oxygen atoms in total. The van der Waals surface area contributed by atoms with E-state index in [2.05, 4.69) is 15.2 Å². The average Bonchev–Trinajstić information content (AvgIpc) is 2.80. The normalized spacial score (nSPS) is 15.2. The predicted octanol–water partition coefficient (Wildman–Crippen LogP) is 2.33. The highest BCUT2D eigenvalue weighted by molar-refractivity contribution is 6.00. The number of benzene rings is 1. The SMILES string of the molecule is NCc1cc(C2=NCN=N2)cc(C(F)(F)F)c1. The van der Waals surface area contributed by atoms with Crippen LogP contribution in [0.25, 0.3) is 0 Å². The van der Waals surface area contributed by atoms with Crippen LogP contribution in [0, 0.1) is 0 Å². The predicted molar refractivity (Wildman–Crippen MR) is 55.6 cm³/mol. The fourth-order valence-corrected chi connectivity index (χ4v) is 1.48. The Hall–Kier alpha value is -1.76. The number of nitrogens with zero attached hydrogens (tertiary/aromatic N) is 3. The van der Waals surface area contributed by atoms with Gasteiger partial charge in [-0.25, -0.2) is 4.99 Å². The van der Waals surface area contributed by atoms with Crippen molar-refractivity contribution in [3.63, 3.8) is 0 Å². The van der Waals surface area contributed by atoms with Crippen LogP contribution in [-0.4, -0.2) is 12.5 Å². The Morgan fingerprint density at radius 2 is 2.00 bits per heavy atom. The van der Waals surface area contributed by atoms with E-state index in [-0.39, 0.29) is 19.0 Å². The third-order valence-electron chi connectivity index (χ3n) is 2.26. The Labute approximate surface area is 95.1 Å². The number of amidine groups is 1. The number of rotatable bonds is 2. The molecule has 0 atom stereocenters. The molecule has 0 fully saturated rings. The van der Waals surface area contributed by atoms with Gasteiger partial charge in [0.1, 0.15) is 0 Å². The van der Waals surface area contributed by atoms with Gasteiger partial charge in [-0.3, -0.25) is 0 Å². The van der Waals surface area contributed by atoms with Crippen molar-refractivity contribution in [3.05, 3.63) is 34.9 Å². The standard InChI is InChI=1S/C10H9F3N4/c11-10(12,13)8-2-6(4-14)1-7(3-8)9-15-5-16-17-9/h1-3H,4-5,14H2. The van der Waals surface area contributed by atoms with Crippen molar-refractivity contribution in [2.45, 2.75) is 12.7 Å². The minimum absolute atomic E-state index is 0.0291. The molecule has 7 heteroatoms.